The van der Waals surface area contributed by atoms with E-state index >= 15 is 0 Å². The van der Waals surface area contributed by atoms with Crippen molar-refractivity contribution < 1.29 is 4.74 Å². The Balaban J connectivity index is 1.88. The number of fused-ring (bicyclic) bond motifs is 1. The van der Waals surface area contributed by atoms with E-state index in [-0.39, 0.29) is 6.04 Å². The quantitative estimate of drug-likeness (QED) is 0.819. The molecule has 0 radical (unpaired) electrons. The Morgan fingerprint density at radius 1 is 1.25 bits per heavy atom. The van der Waals surface area contributed by atoms with Gasteiger partial charge in [-0.05, 0) is 24.3 Å². The molecule has 20 heavy (non-hydrogen) atoms. The summed E-state index contributed by atoms with van der Waals surface area (Å²) < 4.78 is 5.64. The molecule has 3 N–H and O–H groups in total. The van der Waals surface area contributed by atoms with Crippen molar-refractivity contribution in [1.29, 1.82) is 5.26 Å². The first-order valence-corrected chi connectivity index (χ1v) is 6.56. The Morgan fingerprint density at radius 2 is 2.10 bits per heavy atom. The fourth-order valence-corrected chi connectivity index (χ4v) is 2.44. The van der Waals surface area contributed by atoms with Gasteiger partial charge in [0.05, 0.1) is 18.2 Å². The van der Waals surface area contributed by atoms with Crippen molar-refractivity contribution in [2.24, 2.45) is 0 Å². The van der Waals surface area contributed by atoms with E-state index in [4.69, 9.17) is 15.7 Å². The monoisotopic (exact) mass is 265 g/mol. The fourth-order valence-electron chi connectivity index (χ4n) is 2.44. The molecule has 1 heterocycles. The first kappa shape index (κ1) is 12.4. The van der Waals surface area contributed by atoms with Crippen LogP contribution in [0.1, 0.15) is 23.6 Å². The van der Waals surface area contributed by atoms with Gasteiger partial charge in [0.25, 0.3) is 0 Å². The molecule has 2 aromatic rings. The van der Waals surface area contributed by atoms with Crippen LogP contribution >= 0.6 is 0 Å². The lowest BCUT2D eigenvalue weighted by Gasteiger charge is -2.27. The molecule has 0 bridgehead atoms. The molecule has 1 aliphatic rings. The van der Waals surface area contributed by atoms with Crippen molar-refractivity contribution in [1.82, 2.24) is 0 Å². The van der Waals surface area contributed by atoms with Crippen LogP contribution in [0, 0.1) is 11.3 Å². The molecule has 3 rings (SSSR count). The van der Waals surface area contributed by atoms with Gasteiger partial charge >= 0.3 is 0 Å². The summed E-state index contributed by atoms with van der Waals surface area (Å²) in [7, 11) is 0. The third-order valence-electron chi connectivity index (χ3n) is 3.47. The second kappa shape index (κ2) is 5.14. The number of nitrogen functional groups attached to an aromatic ring is 1. The van der Waals surface area contributed by atoms with E-state index in [2.05, 4.69) is 17.5 Å². The molecule has 1 atom stereocenters. The Bertz CT molecular complexity index is 676. The molecule has 100 valence electrons. The molecule has 0 fully saturated rings. The predicted octanol–water partition coefficient (Wildman–Crippen LogP) is 3.08. The molecule has 0 aliphatic carbocycles. The average molecular weight is 265 g/mol. The summed E-state index contributed by atoms with van der Waals surface area (Å²) in [5.74, 6) is 0.923. The third-order valence-corrected chi connectivity index (χ3v) is 3.47. The number of anilines is 2. The standard InChI is InChI=1S/C16H15N3O/c17-10-11-9-12(5-6-14(11)18)19-15-7-8-20-16-4-2-1-3-13(15)16/h1-6,9,15,19H,7-8,18H2. The minimum Gasteiger partial charge on any atom is -0.493 e. The fraction of sp³-hybridized carbons (Fsp3) is 0.188. The maximum atomic E-state index is 9.03. The first-order valence-electron chi connectivity index (χ1n) is 6.56. The van der Waals surface area contributed by atoms with Gasteiger partial charge in [0.1, 0.15) is 11.8 Å². The summed E-state index contributed by atoms with van der Waals surface area (Å²) in [6, 6.07) is 15.8. The van der Waals surface area contributed by atoms with Crippen LogP contribution in [0.4, 0.5) is 11.4 Å². The Hall–Kier alpha value is -2.67. The number of ether oxygens (including phenoxy) is 1. The van der Waals surface area contributed by atoms with Crippen LogP contribution in [-0.2, 0) is 0 Å². The normalized spacial score (nSPS) is 16.6. The Morgan fingerprint density at radius 3 is 2.95 bits per heavy atom. The molecule has 0 aromatic heterocycles. The number of hydrogen-bond acceptors (Lipinski definition) is 4. The zero-order chi connectivity index (χ0) is 13.9. The van der Waals surface area contributed by atoms with Crippen LogP contribution in [0.2, 0.25) is 0 Å². The van der Waals surface area contributed by atoms with Gasteiger partial charge in [-0.1, -0.05) is 18.2 Å². The zero-order valence-corrected chi connectivity index (χ0v) is 11.0. The molecule has 0 amide bonds. The van der Waals surface area contributed by atoms with Crippen LogP contribution in [0.25, 0.3) is 0 Å². The predicted molar refractivity (Wildman–Crippen MR) is 78.5 cm³/mol. The van der Waals surface area contributed by atoms with Gasteiger partial charge in [-0.3, -0.25) is 0 Å². The third kappa shape index (κ3) is 2.26. The SMILES string of the molecule is N#Cc1cc(NC2CCOc3ccccc32)ccc1N. The van der Waals surface area contributed by atoms with Crippen molar-refractivity contribution in [3.8, 4) is 11.8 Å². The highest BCUT2D eigenvalue weighted by molar-refractivity contribution is 5.62. The van der Waals surface area contributed by atoms with Gasteiger partial charge in [0.15, 0.2) is 0 Å². The molecule has 0 spiro atoms. The first-order chi connectivity index (χ1) is 9.78. The number of benzene rings is 2. The molecular formula is C16H15N3O. The largest absolute Gasteiger partial charge is 0.493 e. The summed E-state index contributed by atoms with van der Waals surface area (Å²) in [6.07, 6.45) is 0.892. The van der Waals surface area contributed by atoms with Gasteiger partial charge < -0.3 is 15.8 Å². The van der Waals surface area contributed by atoms with E-state index in [0.717, 1.165) is 23.4 Å². The molecule has 2 aromatic carbocycles. The minimum absolute atomic E-state index is 0.190. The molecule has 0 saturated heterocycles. The highest BCUT2D eigenvalue weighted by atomic mass is 16.5. The lowest BCUT2D eigenvalue weighted by molar-refractivity contribution is 0.274. The van der Waals surface area contributed by atoms with Gasteiger partial charge in [-0.25, -0.2) is 0 Å². The van der Waals surface area contributed by atoms with Gasteiger partial charge in [0.2, 0.25) is 0 Å². The maximum absolute atomic E-state index is 9.03. The lowest BCUT2D eigenvalue weighted by Crippen LogP contribution is -2.20. The van der Waals surface area contributed by atoms with Crippen molar-refractivity contribution in [3.63, 3.8) is 0 Å². The zero-order valence-electron chi connectivity index (χ0n) is 11.0. The van der Waals surface area contributed by atoms with E-state index in [1.807, 2.05) is 24.3 Å². The van der Waals surface area contributed by atoms with Crippen molar-refractivity contribution in [2.45, 2.75) is 12.5 Å². The van der Waals surface area contributed by atoms with Gasteiger partial charge in [-0.2, -0.15) is 5.26 Å². The number of nitrogens with two attached hydrogens (primary N) is 1. The van der Waals surface area contributed by atoms with Crippen molar-refractivity contribution in [2.75, 3.05) is 17.7 Å². The summed E-state index contributed by atoms with van der Waals surface area (Å²) in [6.45, 7) is 0.689. The van der Waals surface area contributed by atoms with Crippen LogP contribution in [0.5, 0.6) is 5.75 Å². The highest BCUT2D eigenvalue weighted by Gasteiger charge is 2.20. The second-order valence-corrected chi connectivity index (χ2v) is 4.79. The summed E-state index contributed by atoms with van der Waals surface area (Å²) in [4.78, 5) is 0. The van der Waals surface area contributed by atoms with Crippen molar-refractivity contribution >= 4 is 11.4 Å². The van der Waals surface area contributed by atoms with E-state index in [9.17, 15) is 0 Å². The Labute approximate surface area is 117 Å². The number of rotatable bonds is 2. The van der Waals surface area contributed by atoms with Gasteiger partial charge in [0, 0.05) is 23.4 Å². The van der Waals surface area contributed by atoms with E-state index < -0.39 is 0 Å². The number of hydrogen-bond donors (Lipinski definition) is 2. The minimum atomic E-state index is 0.190. The van der Waals surface area contributed by atoms with Crippen LogP contribution in [0.3, 0.4) is 0 Å². The topological polar surface area (TPSA) is 71.1 Å². The number of nitrogens with one attached hydrogen (secondary N) is 1. The molecule has 4 heteroatoms. The van der Waals surface area contributed by atoms with Crippen LogP contribution < -0.4 is 15.8 Å². The number of para-hydroxylation sites is 1. The molecular weight excluding hydrogens is 250 g/mol. The van der Waals surface area contributed by atoms with Crippen LogP contribution in [-0.4, -0.2) is 6.61 Å². The summed E-state index contributed by atoms with van der Waals surface area (Å²) in [5.41, 5.74) is 8.79. The summed E-state index contributed by atoms with van der Waals surface area (Å²) in [5, 5.41) is 12.5. The Kier molecular flexibility index (Phi) is 3.18. The van der Waals surface area contributed by atoms with E-state index in [1.165, 1.54) is 0 Å². The molecule has 1 aliphatic heterocycles. The average Bonchev–Trinajstić information content (AvgIpc) is 2.49. The number of nitrogens with zero attached hydrogens (tertiary/aromatic N) is 1. The van der Waals surface area contributed by atoms with Crippen molar-refractivity contribution in [3.05, 3.63) is 53.6 Å². The number of nitriles is 1. The van der Waals surface area contributed by atoms with Gasteiger partial charge in [-0.15, -0.1) is 0 Å². The van der Waals surface area contributed by atoms with E-state index in [0.29, 0.717) is 17.9 Å². The summed E-state index contributed by atoms with van der Waals surface area (Å²) >= 11 is 0. The smallest absolute Gasteiger partial charge is 0.124 e. The van der Waals surface area contributed by atoms with E-state index in [1.54, 1.807) is 12.1 Å². The molecule has 1 unspecified atom stereocenters. The molecule has 0 saturated carbocycles. The van der Waals surface area contributed by atoms with Crippen LogP contribution in [0.15, 0.2) is 42.5 Å². The second-order valence-electron chi connectivity index (χ2n) is 4.79. The maximum Gasteiger partial charge on any atom is 0.124 e. The molecule has 4 nitrogen and oxygen atoms in total. The highest BCUT2D eigenvalue weighted by Crippen LogP contribution is 2.34. The lowest BCUT2D eigenvalue weighted by atomic mass is 10.00.